The van der Waals surface area contributed by atoms with Gasteiger partial charge in [0.25, 0.3) is 0 Å². The van der Waals surface area contributed by atoms with Gasteiger partial charge in [-0.05, 0) is 49.2 Å². The summed E-state index contributed by atoms with van der Waals surface area (Å²) in [7, 11) is 0. The molecular formula is C24H25N5O3. The van der Waals surface area contributed by atoms with E-state index in [1.807, 2.05) is 47.4 Å². The molecule has 2 aliphatic rings. The van der Waals surface area contributed by atoms with Gasteiger partial charge in [0.1, 0.15) is 0 Å². The van der Waals surface area contributed by atoms with E-state index in [0.717, 1.165) is 24.1 Å². The molecule has 1 atom stereocenters. The summed E-state index contributed by atoms with van der Waals surface area (Å²) in [4.78, 5) is 31.2. The molecule has 1 aliphatic carbocycles. The lowest BCUT2D eigenvalue weighted by Gasteiger charge is -2.23. The summed E-state index contributed by atoms with van der Waals surface area (Å²) in [5.74, 6) is 1.13. The molecule has 0 spiro atoms. The number of amides is 3. The summed E-state index contributed by atoms with van der Waals surface area (Å²) in [6, 6.07) is 16.5. The first-order valence-electron chi connectivity index (χ1n) is 11.0. The van der Waals surface area contributed by atoms with Crippen LogP contribution < -0.4 is 10.6 Å². The highest BCUT2D eigenvalue weighted by molar-refractivity contribution is 5.99. The van der Waals surface area contributed by atoms with Crippen LogP contribution in [-0.2, 0) is 4.79 Å². The number of carbonyl (C=O) groups is 2. The summed E-state index contributed by atoms with van der Waals surface area (Å²) in [5, 5.41) is 9.68. The Morgan fingerprint density at radius 2 is 1.66 bits per heavy atom. The Morgan fingerprint density at radius 3 is 2.38 bits per heavy atom. The average Bonchev–Trinajstić information content (AvgIpc) is 3.56. The van der Waals surface area contributed by atoms with Gasteiger partial charge in [0.05, 0.1) is 5.92 Å². The SMILES string of the molecule is O=C(Nc1ccccc1)Nc1ccc(-c2noc(C3CC(=O)N(C4CCCC4)C3)n2)cc1. The van der Waals surface area contributed by atoms with E-state index >= 15 is 0 Å². The van der Waals surface area contributed by atoms with Gasteiger partial charge in [0.2, 0.25) is 17.6 Å². The second-order valence-electron chi connectivity index (χ2n) is 8.36. The van der Waals surface area contributed by atoms with E-state index in [2.05, 4.69) is 20.8 Å². The molecule has 8 heteroatoms. The van der Waals surface area contributed by atoms with Crippen LogP contribution in [0.25, 0.3) is 11.4 Å². The molecule has 8 nitrogen and oxygen atoms in total. The normalized spacial score (nSPS) is 18.8. The molecule has 1 unspecified atom stereocenters. The summed E-state index contributed by atoms with van der Waals surface area (Å²) in [6.07, 6.45) is 5.01. The fourth-order valence-corrected chi connectivity index (χ4v) is 4.50. The number of carbonyl (C=O) groups excluding carboxylic acids is 2. The van der Waals surface area contributed by atoms with Crippen molar-refractivity contribution in [3.8, 4) is 11.4 Å². The zero-order valence-electron chi connectivity index (χ0n) is 17.7. The third-order valence-corrected chi connectivity index (χ3v) is 6.15. The van der Waals surface area contributed by atoms with Crippen molar-refractivity contribution < 1.29 is 14.1 Å². The third kappa shape index (κ3) is 4.34. The minimum absolute atomic E-state index is 0.0491. The second-order valence-corrected chi connectivity index (χ2v) is 8.36. The summed E-state index contributed by atoms with van der Waals surface area (Å²) >= 11 is 0. The van der Waals surface area contributed by atoms with Gasteiger partial charge in [0.15, 0.2) is 0 Å². The molecule has 0 radical (unpaired) electrons. The highest BCUT2D eigenvalue weighted by Crippen LogP contribution is 2.34. The van der Waals surface area contributed by atoms with Crippen LogP contribution >= 0.6 is 0 Å². The molecule has 0 bridgehead atoms. The van der Waals surface area contributed by atoms with Crippen LogP contribution in [0.5, 0.6) is 0 Å². The van der Waals surface area contributed by atoms with Gasteiger partial charge in [0, 0.05) is 35.9 Å². The van der Waals surface area contributed by atoms with Crippen molar-refractivity contribution in [2.75, 3.05) is 17.2 Å². The Hall–Kier alpha value is -3.68. The van der Waals surface area contributed by atoms with Crippen molar-refractivity contribution in [1.82, 2.24) is 15.0 Å². The number of aromatic nitrogens is 2. The maximum Gasteiger partial charge on any atom is 0.323 e. The molecule has 1 aliphatic heterocycles. The number of likely N-dealkylation sites (tertiary alicyclic amines) is 1. The molecule has 164 valence electrons. The lowest BCUT2D eigenvalue weighted by Crippen LogP contribution is -2.34. The lowest BCUT2D eigenvalue weighted by molar-refractivity contribution is -0.129. The lowest BCUT2D eigenvalue weighted by atomic mass is 10.1. The molecule has 3 amide bonds. The van der Waals surface area contributed by atoms with E-state index in [9.17, 15) is 9.59 Å². The van der Waals surface area contributed by atoms with Gasteiger partial charge < -0.3 is 20.1 Å². The molecule has 2 fully saturated rings. The predicted molar refractivity (Wildman–Crippen MR) is 120 cm³/mol. The predicted octanol–water partition coefficient (Wildman–Crippen LogP) is 4.64. The van der Waals surface area contributed by atoms with Gasteiger partial charge in [-0.2, -0.15) is 4.98 Å². The molecular weight excluding hydrogens is 406 g/mol. The standard InChI is InChI=1S/C24H25N5O3/c30-21-14-17(15-29(21)20-8-4-5-9-20)23-27-22(28-32-23)16-10-12-19(13-11-16)26-24(31)25-18-6-2-1-3-7-18/h1-3,6-7,10-13,17,20H,4-5,8-9,14-15H2,(H2,25,26,31). The first-order valence-corrected chi connectivity index (χ1v) is 11.0. The van der Waals surface area contributed by atoms with Gasteiger partial charge in [-0.15, -0.1) is 0 Å². The van der Waals surface area contributed by atoms with Crippen LogP contribution in [0.15, 0.2) is 59.1 Å². The molecule has 2 aromatic carbocycles. The van der Waals surface area contributed by atoms with E-state index < -0.39 is 0 Å². The molecule has 5 rings (SSSR count). The van der Waals surface area contributed by atoms with Gasteiger partial charge >= 0.3 is 6.03 Å². The number of benzene rings is 2. The molecule has 1 aromatic heterocycles. The van der Waals surface area contributed by atoms with E-state index in [1.165, 1.54) is 12.8 Å². The van der Waals surface area contributed by atoms with Gasteiger partial charge in [-0.1, -0.05) is 36.2 Å². The van der Waals surface area contributed by atoms with E-state index in [4.69, 9.17) is 4.52 Å². The smallest absolute Gasteiger partial charge is 0.323 e. The molecule has 1 saturated carbocycles. The summed E-state index contributed by atoms with van der Waals surface area (Å²) in [5.41, 5.74) is 2.16. The van der Waals surface area contributed by atoms with Crippen molar-refractivity contribution in [3.05, 3.63) is 60.5 Å². The first kappa shape index (κ1) is 20.2. The zero-order chi connectivity index (χ0) is 21.9. The van der Waals surface area contributed by atoms with Crippen LogP contribution in [0.4, 0.5) is 16.2 Å². The number of rotatable bonds is 5. The fraction of sp³-hybridized carbons (Fsp3) is 0.333. The Balaban J connectivity index is 1.21. The largest absolute Gasteiger partial charge is 0.339 e. The molecule has 32 heavy (non-hydrogen) atoms. The second kappa shape index (κ2) is 8.82. The minimum Gasteiger partial charge on any atom is -0.339 e. The van der Waals surface area contributed by atoms with E-state index in [-0.39, 0.29) is 17.9 Å². The maximum atomic E-state index is 12.5. The Kier molecular flexibility index (Phi) is 5.58. The van der Waals surface area contributed by atoms with Crippen molar-refractivity contribution in [1.29, 1.82) is 0 Å². The number of nitrogens with zero attached hydrogens (tertiary/aromatic N) is 3. The topological polar surface area (TPSA) is 100 Å². The zero-order valence-corrected chi connectivity index (χ0v) is 17.7. The van der Waals surface area contributed by atoms with E-state index in [1.54, 1.807) is 12.1 Å². The first-order chi connectivity index (χ1) is 15.7. The maximum absolute atomic E-state index is 12.5. The third-order valence-electron chi connectivity index (χ3n) is 6.15. The van der Waals surface area contributed by atoms with Crippen LogP contribution in [0, 0.1) is 0 Å². The molecule has 1 saturated heterocycles. The summed E-state index contributed by atoms with van der Waals surface area (Å²) in [6.45, 7) is 0.657. The fourth-order valence-electron chi connectivity index (χ4n) is 4.50. The minimum atomic E-state index is -0.316. The Bertz CT molecular complexity index is 1090. The van der Waals surface area contributed by atoms with E-state index in [0.29, 0.717) is 36.4 Å². The van der Waals surface area contributed by atoms with Crippen LogP contribution in [0.1, 0.15) is 43.9 Å². The Labute approximate surface area is 186 Å². The van der Waals surface area contributed by atoms with Crippen molar-refractivity contribution in [2.24, 2.45) is 0 Å². The Morgan fingerprint density at radius 1 is 0.969 bits per heavy atom. The van der Waals surface area contributed by atoms with Crippen molar-refractivity contribution >= 4 is 23.3 Å². The number of anilines is 2. The molecule has 2 N–H and O–H groups in total. The van der Waals surface area contributed by atoms with Gasteiger partial charge in [-0.25, -0.2) is 4.79 Å². The van der Waals surface area contributed by atoms with Crippen molar-refractivity contribution in [2.45, 2.75) is 44.1 Å². The quantitative estimate of drug-likeness (QED) is 0.613. The average molecular weight is 431 g/mol. The van der Waals surface area contributed by atoms with Crippen LogP contribution in [-0.4, -0.2) is 39.6 Å². The number of nitrogens with one attached hydrogen (secondary N) is 2. The molecule has 2 heterocycles. The highest BCUT2D eigenvalue weighted by Gasteiger charge is 2.38. The number of hydrogen-bond acceptors (Lipinski definition) is 5. The molecule has 3 aromatic rings. The number of hydrogen-bond donors (Lipinski definition) is 2. The van der Waals surface area contributed by atoms with Crippen LogP contribution in [0.3, 0.4) is 0 Å². The number of urea groups is 1. The highest BCUT2D eigenvalue weighted by atomic mass is 16.5. The summed E-state index contributed by atoms with van der Waals surface area (Å²) < 4.78 is 5.50. The van der Waals surface area contributed by atoms with Crippen molar-refractivity contribution in [3.63, 3.8) is 0 Å². The van der Waals surface area contributed by atoms with Crippen LogP contribution in [0.2, 0.25) is 0 Å². The monoisotopic (exact) mass is 431 g/mol. The van der Waals surface area contributed by atoms with Gasteiger partial charge in [-0.3, -0.25) is 4.79 Å². The number of para-hydroxylation sites is 1.